The number of aryl methyl sites for hydroxylation is 1. The first-order valence-electron chi connectivity index (χ1n) is 7.71. The summed E-state index contributed by atoms with van der Waals surface area (Å²) in [6, 6.07) is 6.31. The molecule has 0 spiro atoms. The molecule has 1 rings (SSSR count). The molecule has 0 aliphatic heterocycles. The van der Waals surface area contributed by atoms with Crippen LogP contribution in [0.15, 0.2) is 18.2 Å². The molecule has 0 aliphatic carbocycles. The molecule has 0 aromatic heterocycles. The third-order valence-corrected chi connectivity index (χ3v) is 3.45. The fraction of sp³-hybridized carbons (Fsp3) is 0.647. The predicted molar refractivity (Wildman–Crippen MR) is 82.8 cm³/mol. The molecule has 1 aromatic rings. The Bertz CT molecular complexity index is 349. The maximum Gasteiger partial charge on any atom is 0.125 e. The van der Waals surface area contributed by atoms with Crippen LogP contribution in [0.5, 0.6) is 5.75 Å². The second-order valence-electron chi connectivity index (χ2n) is 5.22. The second-order valence-corrected chi connectivity index (χ2v) is 5.22. The van der Waals surface area contributed by atoms with E-state index in [0.29, 0.717) is 6.54 Å². The summed E-state index contributed by atoms with van der Waals surface area (Å²) in [7, 11) is 0. The van der Waals surface area contributed by atoms with E-state index < -0.39 is 0 Å². The van der Waals surface area contributed by atoms with E-state index in [9.17, 15) is 0 Å². The van der Waals surface area contributed by atoms with Gasteiger partial charge in [0.05, 0.1) is 6.61 Å². The van der Waals surface area contributed by atoms with Gasteiger partial charge in [-0.15, -0.1) is 0 Å². The second kappa shape index (κ2) is 9.85. The smallest absolute Gasteiger partial charge is 0.125 e. The Kier molecular flexibility index (Phi) is 8.31. The number of rotatable bonds is 10. The summed E-state index contributed by atoms with van der Waals surface area (Å²) in [5.41, 5.74) is 8.11. The van der Waals surface area contributed by atoms with Gasteiger partial charge in [-0.25, -0.2) is 0 Å². The van der Waals surface area contributed by atoms with Crippen LogP contribution >= 0.6 is 0 Å². The van der Waals surface area contributed by atoms with Crippen LogP contribution in [-0.2, 0) is 6.42 Å². The number of hydrogen-bond donors (Lipinski definition) is 1. The lowest BCUT2D eigenvalue weighted by Gasteiger charge is -2.13. The molecule has 19 heavy (non-hydrogen) atoms. The van der Waals surface area contributed by atoms with Gasteiger partial charge in [-0.05, 0) is 37.4 Å². The van der Waals surface area contributed by atoms with Gasteiger partial charge >= 0.3 is 0 Å². The highest BCUT2D eigenvalue weighted by Gasteiger charge is 2.05. The molecule has 0 amide bonds. The molecular weight excluding hydrogens is 234 g/mol. The van der Waals surface area contributed by atoms with Crippen molar-refractivity contribution in [1.82, 2.24) is 0 Å². The number of nitrogens with two attached hydrogens (primary N) is 1. The number of ether oxygens (including phenoxy) is 1. The van der Waals surface area contributed by atoms with E-state index in [1.807, 2.05) is 0 Å². The molecule has 0 radical (unpaired) electrons. The SMILES string of the molecule is CCCCCCCCOc1c(C)cccc1CCN. The van der Waals surface area contributed by atoms with Crippen molar-refractivity contribution in [3.63, 3.8) is 0 Å². The van der Waals surface area contributed by atoms with Gasteiger partial charge in [-0.2, -0.15) is 0 Å². The van der Waals surface area contributed by atoms with Crippen LogP contribution in [0.4, 0.5) is 0 Å². The van der Waals surface area contributed by atoms with Crippen molar-refractivity contribution in [2.75, 3.05) is 13.2 Å². The Hall–Kier alpha value is -1.02. The van der Waals surface area contributed by atoms with Crippen LogP contribution in [0.25, 0.3) is 0 Å². The molecule has 2 N–H and O–H groups in total. The monoisotopic (exact) mass is 263 g/mol. The highest BCUT2D eigenvalue weighted by Crippen LogP contribution is 2.24. The molecule has 0 atom stereocenters. The van der Waals surface area contributed by atoms with Crippen molar-refractivity contribution in [3.05, 3.63) is 29.3 Å². The Morgan fingerprint density at radius 3 is 2.53 bits per heavy atom. The maximum absolute atomic E-state index is 5.97. The minimum Gasteiger partial charge on any atom is -0.493 e. The molecular formula is C17H29NO. The fourth-order valence-electron chi connectivity index (χ4n) is 2.33. The van der Waals surface area contributed by atoms with Gasteiger partial charge in [-0.1, -0.05) is 57.2 Å². The van der Waals surface area contributed by atoms with Gasteiger partial charge in [0.15, 0.2) is 0 Å². The average Bonchev–Trinajstić information content (AvgIpc) is 2.41. The topological polar surface area (TPSA) is 35.2 Å². The standard InChI is InChI=1S/C17H29NO/c1-3-4-5-6-7-8-14-19-17-15(2)10-9-11-16(17)12-13-18/h9-11H,3-8,12-14,18H2,1-2H3. The maximum atomic E-state index is 5.97. The molecule has 2 nitrogen and oxygen atoms in total. The largest absolute Gasteiger partial charge is 0.493 e. The summed E-state index contributed by atoms with van der Waals surface area (Å²) in [5, 5.41) is 0. The third kappa shape index (κ3) is 6.11. The highest BCUT2D eigenvalue weighted by molar-refractivity contribution is 5.40. The summed E-state index contributed by atoms with van der Waals surface area (Å²) >= 11 is 0. The van der Waals surface area contributed by atoms with E-state index >= 15 is 0 Å². The zero-order chi connectivity index (χ0) is 13.9. The molecule has 1 aromatic carbocycles. The Morgan fingerprint density at radius 1 is 1.05 bits per heavy atom. The summed E-state index contributed by atoms with van der Waals surface area (Å²) in [4.78, 5) is 0. The molecule has 2 heteroatoms. The van der Waals surface area contributed by atoms with E-state index in [1.165, 1.54) is 43.2 Å². The predicted octanol–water partition coefficient (Wildman–Crippen LogP) is 4.24. The quantitative estimate of drug-likeness (QED) is 0.641. The summed E-state index contributed by atoms with van der Waals surface area (Å²) in [6.45, 7) is 5.86. The van der Waals surface area contributed by atoms with Gasteiger partial charge in [0.1, 0.15) is 5.75 Å². The zero-order valence-corrected chi connectivity index (χ0v) is 12.6. The minimum atomic E-state index is 0.677. The van der Waals surface area contributed by atoms with Crippen molar-refractivity contribution in [3.8, 4) is 5.75 Å². The summed E-state index contributed by atoms with van der Waals surface area (Å²) < 4.78 is 5.97. The lowest BCUT2D eigenvalue weighted by atomic mass is 10.1. The van der Waals surface area contributed by atoms with Crippen molar-refractivity contribution in [2.24, 2.45) is 5.73 Å². The summed E-state index contributed by atoms with van der Waals surface area (Å²) in [5.74, 6) is 1.06. The van der Waals surface area contributed by atoms with Crippen LogP contribution in [0.1, 0.15) is 56.6 Å². The average molecular weight is 263 g/mol. The first-order chi connectivity index (χ1) is 9.29. The van der Waals surface area contributed by atoms with Crippen molar-refractivity contribution in [2.45, 2.75) is 58.8 Å². The van der Waals surface area contributed by atoms with E-state index in [-0.39, 0.29) is 0 Å². The number of benzene rings is 1. The first kappa shape index (κ1) is 16.0. The van der Waals surface area contributed by atoms with Gasteiger partial charge in [-0.3, -0.25) is 0 Å². The first-order valence-corrected chi connectivity index (χ1v) is 7.71. The molecule has 0 saturated carbocycles. The molecule has 0 aliphatic rings. The molecule has 0 bridgehead atoms. The number of hydrogen-bond acceptors (Lipinski definition) is 2. The molecule has 108 valence electrons. The van der Waals surface area contributed by atoms with Crippen LogP contribution in [-0.4, -0.2) is 13.2 Å². The van der Waals surface area contributed by atoms with E-state index in [1.54, 1.807) is 0 Å². The number of para-hydroxylation sites is 1. The van der Waals surface area contributed by atoms with E-state index in [0.717, 1.165) is 25.2 Å². The summed E-state index contributed by atoms with van der Waals surface area (Å²) in [6.07, 6.45) is 8.69. The van der Waals surface area contributed by atoms with E-state index in [2.05, 4.69) is 32.0 Å². The van der Waals surface area contributed by atoms with Gasteiger partial charge < -0.3 is 10.5 Å². The van der Waals surface area contributed by atoms with Crippen LogP contribution < -0.4 is 10.5 Å². The molecule has 0 saturated heterocycles. The molecule has 0 heterocycles. The Labute approximate surface area is 118 Å². The van der Waals surface area contributed by atoms with Crippen molar-refractivity contribution >= 4 is 0 Å². The van der Waals surface area contributed by atoms with Gasteiger partial charge in [0.2, 0.25) is 0 Å². The van der Waals surface area contributed by atoms with Crippen molar-refractivity contribution in [1.29, 1.82) is 0 Å². The molecule has 0 unspecified atom stereocenters. The number of unbranched alkanes of at least 4 members (excludes halogenated alkanes) is 5. The lowest BCUT2D eigenvalue weighted by molar-refractivity contribution is 0.299. The Balaban J connectivity index is 2.32. The van der Waals surface area contributed by atoms with Crippen LogP contribution in [0, 0.1) is 6.92 Å². The van der Waals surface area contributed by atoms with Crippen LogP contribution in [0.3, 0.4) is 0 Å². The van der Waals surface area contributed by atoms with Crippen LogP contribution in [0.2, 0.25) is 0 Å². The minimum absolute atomic E-state index is 0.677. The van der Waals surface area contributed by atoms with Crippen molar-refractivity contribution < 1.29 is 4.74 Å². The molecule has 0 fully saturated rings. The van der Waals surface area contributed by atoms with Gasteiger partial charge in [0, 0.05) is 0 Å². The van der Waals surface area contributed by atoms with Gasteiger partial charge in [0.25, 0.3) is 0 Å². The fourth-order valence-corrected chi connectivity index (χ4v) is 2.33. The van der Waals surface area contributed by atoms with E-state index in [4.69, 9.17) is 10.5 Å². The Morgan fingerprint density at radius 2 is 1.79 bits per heavy atom. The lowest BCUT2D eigenvalue weighted by Crippen LogP contribution is -2.07. The highest BCUT2D eigenvalue weighted by atomic mass is 16.5. The normalized spacial score (nSPS) is 10.7. The zero-order valence-electron chi connectivity index (χ0n) is 12.6. The third-order valence-electron chi connectivity index (χ3n) is 3.45.